The summed E-state index contributed by atoms with van der Waals surface area (Å²) in [6.07, 6.45) is 0. The highest BCUT2D eigenvalue weighted by molar-refractivity contribution is 6.06. The van der Waals surface area contributed by atoms with Crippen LogP contribution in [0.25, 0.3) is 10.9 Å². The second kappa shape index (κ2) is 7.54. The number of halogens is 2. The third-order valence-electron chi connectivity index (χ3n) is 5.10. The van der Waals surface area contributed by atoms with E-state index < -0.39 is 17.2 Å². The SMILES string of the molecule is COc1cc(N2CCN(C(=O)c3cc(=O)[nH]c4cc(F)ccc34)CC2)ccc1F. The molecule has 2 aromatic carbocycles. The Morgan fingerprint density at radius 1 is 1.03 bits per heavy atom. The van der Waals surface area contributed by atoms with E-state index in [-0.39, 0.29) is 22.7 Å². The Labute approximate surface area is 165 Å². The standard InChI is InChI=1S/C21H19F2N3O3/c1-29-19-11-14(3-5-17(19)23)25-6-8-26(9-7-25)21(28)16-12-20(27)24-18-10-13(22)2-4-15(16)18/h2-5,10-12H,6-9H2,1H3,(H,24,27). The van der Waals surface area contributed by atoms with Crippen LogP contribution in [0.1, 0.15) is 10.4 Å². The van der Waals surface area contributed by atoms with Gasteiger partial charge in [-0.1, -0.05) is 0 Å². The predicted octanol–water partition coefficient (Wildman–Crippen LogP) is 2.78. The summed E-state index contributed by atoms with van der Waals surface area (Å²) in [7, 11) is 1.41. The lowest BCUT2D eigenvalue weighted by Gasteiger charge is -2.36. The number of hydrogen-bond acceptors (Lipinski definition) is 4. The third-order valence-corrected chi connectivity index (χ3v) is 5.10. The van der Waals surface area contributed by atoms with Crippen LogP contribution in [0.3, 0.4) is 0 Å². The van der Waals surface area contributed by atoms with Gasteiger partial charge >= 0.3 is 0 Å². The average molecular weight is 399 g/mol. The Hall–Kier alpha value is -3.42. The molecule has 1 saturated heterocycles. The van der Waals surface area contributed by atoms with Gasteiger partial charge < -0.3 is 19.5 Å². The molecular weight excluding hydrogens is 380 g/mol. The Balaban J connectivity index is 1.54. The maximum absolute atomic E-state index is 13.6. The van der Waals surface area contributed by atoms with E-state index in [2.05, 4.69) is 4.98 Å². The highest BCUT2D eigenvalue weighted by Crippen LogP contribution is 2.26. The summed E-state index contributed by atoms with van der Waals surface area (Å²) in [5.74, 6) is -1.02. The number of nitrogens with one attached hydrogen (secondary N) is 1. The molecule has 0 radical (unpaired) electrons. The van der Waals surface area contributed by atoms with Crippen molar-refractivity contribution in [1.82, 2.24) is 9.88 Å². The number of anilines is 1. The molecule has 1 amide bonds. The van der Waals surface area contributed by atoms with Crippen LogP contribution in [0.4, 0.5) is 14.5 Å². The molecule has 150 valence electrons. The van der Waals surface area contributed by atoms with E-state index in [1.807, 2.05) is 4.90 Å². The van der Waals surface area contributed by atoms with Gasteiger partial charge in [0, 0.05) is 49.4 Å². The summed E-state index contributed by atoms with van der Waals surface area (Å²) in [5.41, 5.74) is 0.898. The van der Waals surface area contributed by atoms with Gasteiger partial charge in [-0.15, -0.1) is 0 Å². The average Bonchev–Trinajstić information content (AvgIpc) is 2.73. The number of methoxy groups -OCH3 is 1. The number of nitrogens with zero attached hydrogens (tertiary/aromatic N) is 2. The van der Waals surface area contributed by atoms with E-state index >= 15 is 0 Å². The van der Waals surface area contributed by atoms with Crippen LogP contribution < -0.4 is 15.2 Å². The number of aromatic amines is 1. The molecule has 4 rings (SSSR count). The molecule has 1 aliphatic rings. The maximum Gasteiger partial charge on any atom is 0.254 e. The number of ether oxygens (including phenoxy) is 1. The smallest absolute Gasteiger partial charge is 0.254 e. The third kappa shape index (κ3) is 3.65. The molecule has 2 heterocycles. The van der Waals surface area contributed by atoms with Crippen molar-refractivity contribution in [2.45, 2.75) is 0 Å². The van der Waals surface area contributed by atoms with E-state index in [9.17, 15) is 18.4 Å². The highest BCUT2D eigenvalue weighted by atomic mass is 19.1. The predicted molar refractivity (Wildman–Crippen MR) is 106 cm³/mol. The van der Waals surface area contributed by atoms with E-state index in [1.165, 1.54) is 37.4 Å². The molecule has 29 heavy (non-hydrogen) atoms. The zero-order chi connectivity index (χ0) is 20.5. The molecule has 0 aliphatic carbocycles. The number of amides is 1. The maximum atomic E-state index is 13.6. The van der Waals surface area contributed by atoms with Crippen molar-refractivity contribution in [1.29, 1.82) is 0 Å². The first-order chi connectivity index (χ1) is 14.0. The lowest BCUT2D eigenvalue weighted by Crippen LogP contribution is -2.49. The number of hydrogen-bond donors (Lipinski definition) is 1. The summed E-state index contributed by atoms with van der Waals surface area (Å²) in [4.78, 5) is 31.2. The zero-order valence-electron chi connectivity index (χ0n) is 15.7. The van der Waals surface area contributed by atoms with Gasteiger partial charge in [-0.2, -0.15) is 0 Å². The second-order valence-electron chi connectivity index (χ2n) is 6.84. The molecule has 0 atom stereocenters. The van der Waals surface area contributed by atoms with E-state index in [1.54, 1.807) is 17.0 Å². The van der Waals surface area contributed by atoms with Gasteiger partial charge in [0.1, 0.15) is 5.82 Å². The van der Waals surface area contributed by atoms with E-state index in [0.717, 1.165) is 5.69 Å². The van der Waals surface area contributed by atoms with Crippen molar-refractivity contribution < 1.29 is 18.3 Å². The lowest BCUT2D eigenvalue weighted by atomic mass is 10.1. The van der Waals surface area contributed by atoms with Crippen LogP contribution in [0.15, 0.2) is 47.3 Å². The highest BCUT2D eigenvalue weighted by Gasteiger charge is 2.24. The van der Waals surface area contributed by atoms with Gasteiger partial charge in [-0.25, -0.2) is 8.78 Å². The summed E-state index contributed by atoms with van der Waals surface area (Å²) < 4.78 is 32.1. The molecule has 0 unspecified atom stereocenters. The van der Waals surface area contributed by atoms with Crippen molar-refractivity contribution in [3.63, 3.8) is 0 Å². The van der Waals surface area contributed by atoms with Gasteiger partial charge in [-0.3, -0.25) is 9.59 Å². The number of H-pyrrole nitrogens is 1. The van der Waals surface area contributed by atoms with Crippen LogP contribution in [0.2, 0.25) is 0 Å². The fraction of sp³-hybridized carbons (Fsp3) is 0.238. The Morgan fingerprint density at radius 2 is 1.79 bits per heavy atom. The molecular formula is C21H19F2N3O3. The van der Waals surface area contributed by atoms with Crippen LogP contribution >= 0.6 is 0 Å². The zero-order valence-corrected chi connectivity index (χ0v) is 15.7. The molecule has 3 aromatic rings. The number of carbonyl (C=O) groups is 1. The van der Waals surface area contributed by atoms with Crippen LogP contribution in [0.5, 0.6) is 5.75 Å². The Kier molecular flexibility index (Phi) is 4.92. The lowest BCUT2D eigenvalue weighted by molar-refractivity contribution is 0.0748. The van der Waals surface area contributed by atoms with Gasteiger partial charge in [-0.05, 0) is 30.3 Å². The van der Waals surface area contributed by atoms with Crippen LogP contribution in [-0.4, -0.2) is 49.1 Å². The summed E-state index contributed by atoms with van der Waals surface area (Å²) >= 11 is 0. The number of carbonyl (C=O) groups excluding carboxylic acids is 1. The minimum Gasteiger partial charge on any atom is -0.494 e. The molecule has 0 bridgehead atoms. The first-order valence-corrected chi connectivity index (χ1v) is 9.16. The molecule has 1 fully saturated rings. The molecule has 1 aromatic heterocycles. The Bertz CT molecular complexity index is 1140. The Morgan fingerprint density at radius 3 is 2.52 bits per heavy atom. The van der Waals surface area contributed by atoms with Crippen molar-refractivity contribution in [3.8, 4) is 5.75 Å². The summed E-state index contributed by atoms with van der Waals surface area (Å²) in [6, 6.07) is 9.87. The van der Waals surface area contributed by atoms with Gasteiger partial charge in [0.15, 0.2) is 11.6 Å². The number of benzene rings is 2. The number of aromatic nitrogens is 1. The van der Waals surface area contributed by atoms with Crippen molar-refractivity contribution in [2.24, 2.45) is 0 Å². The van der Waals surface area contributed by atoms with Crippen molar-refractivity contribution >= 4 is 22.5 Å². The quantitative estimate of drug-likeness (QED) is 0.736. The van der Waals surface area contributed by atoms with Crippen molar-refractivity contribution in [2.75, 3.05) is 38.2 Å². The number of rotatable bonds is 3. The number of pyridine rings is 1. The fourth-order valence-corrected chi connectivity index (χ4v) is 3.59. The van der Waals surface area contributed by atoms with Gasteiger partial charge in [0.25, 0.3) is 5.91 Å². The fourth-order valence-electron chi connectivity index (χ4n) is 3.59. The first kappa shape index (κ1) is 18.9. The summed E-state index contributed by atoms with van der Waals surface area (Å²) in [6.45, 7) is 1.98. The largest absolute Gasteiger partial charge is 0.494 e. The van der Waals surface area contributed by atoms with Gasteiger partial charge in [0.2, 0.25) is 5.56 Å². The van der Waals surface area contributed by atoms with Gasteiger partial charge in [0.05, 0.1) is 18.2 Å². The number of piperazine rings is 1. The topological polar surface area (TPSA) is 65.6 Å². The molecule has 6 nitrogen and oxygen atoms in total. The monoisotopic (exact) mass is 399 g/mol. The first-order valence-electron chi connectivity index (χ1n) is 9.16. The van der Waals surface area contributed by atoms with E-state index in [0.29, 0.717) is 31.6 Å². The molecule has 1 aliphatic heterocycles. The minimum atomic E-state index is -0.485. The normalized spacial score (nSPS) is 14.3. The molecule has 1 N–H and O–H groups in total. The number of fused-ring (bicyclic) bond motifs is 1. The minimum absolute atomic E-state index is 0.170. The van der Waals surface area contributed by atoms with Crippen LogP contribution in [-0.2, 0) is 0 Å². The molecule has 0 spiro atoms. The van der Waals surface area contributed by atoms with E-state index in [4.69, 9.17) is 4.74 Å². The summed E-state index contributed by atoms with van der Waals surface area (Å²) in [5, 5.41) is 0.502. The van der Waals surface area contributed by atoms with Crippen LogP contribution in [0, 0.1) is 11.6 Å². The second-order valence-corrected chi connectivity index (χ2v) is 6.84. The van der Waals surface area contributed by atoms with Crippen molar-refractivity contribution in [3.05, 3.63) is 70.0 Å². The molecule has 8 heteroatoms. The molecule has 0 saturated carbocycles.